The van der Waals surface area contributed by atoms with Gasteiger partial charge >= 0.3 is 0 Å². The number of aliphatic hydroxyl groups excluding tert-OH is 1. The molecule has 0 saturated heterocycles. The standard InChI is InChI=1S/C15H20Cl2O/c1-9(2)11-4-3-5-13(15(11)18)12-7-6-10(16)8-14(12)17/h6-9,11,13,15,18H,3-5H2,1-2H3/t11-,13+,15+/m1/s1. The maximum atomic E-state index is 10.6. The third-order valence-electron chi connectivity index (χ3n) is 4.12. The van der Waals surface area contributed by atoms with E-state index in [0.29, 0.717) is 21.9 Å². The molecule has 0 bridgehead atoms. The van der Waals surface area contributed by atoms with Crippen molar-refractivity contribution in [3.8, 4) is 0 Å². The highest BCUT2D eigenvalue weighted by Gasteiger charge is 2.35. The topological polar surface area (TPSA) is 20.2 Å². The van der Waals surface area contributed by atoms with Gasteiger partial charge in [-0.2, -0.15) is 0 Å². The zero-order valence-electron chi connectivity index (χ0n) is 10.9. The summed E-state index contributed by atoms with van der Waals surface area (Å²) in [5.74, 6) is 1.03. The van der Waals surface area contributed by atoms with Gasteiger partial charge in [-0.05, 0) is 42.4 Å². The molecule has 1 saturated carbocycles. The lowest BCUT2D eigenvalue weighted by Gasteiger charge is -2.37. The van der Waals surface area contributed by atoms with Crippen molar-refractivity contribution in [2.75, 3.05) is 0 Å². The largest absolute Gasteiger partial charge is 0.392 e. The lowest BCUT2D eigenvalue weighted by atomic mass is 9.71. The Balaban J connectivity index is 2.26. The average molecular weight is 287 g/mol. The summed E-state index contributed by atoms with van der Waals surface area (Å²) in [7, 11) is 0. The number of aliphatic hydroxyl groups is 1. The molecule has 1 aromatic carbocycles. The lowest BCUT2D eigenvalue weighted by molar-refractivity contribution is 0.0265. The van der Waals surface area contributed by atoms with Crippen LogP contribution in [0.15, 0.2) is 18.2 Å². The number of rotatable bonds is 2. The van der Waals surface area contributed by atoms with Gasteiger partial charge in [-0.3, -0.25) is 0 Å². The van der Waals surface area contributed by atoms with E-state index in [1.54, 1.807) is 6.07 Å². The molecule has 1 N–H and O–H groups in total. The summed E-state index contributed by atoms with van der Waals surface area (Å²) in [6.07, 6.45) is 2.98. The van der Waals surface area contributed by atoms with Gasteiger partial charge in [0.2, 0.25) is 0 Å². The molecule has 1 aliphatic carbocycles. The molecule has 1 aromatic rings. The summed E-state index contributed by atoms with van der Waals surface area (Å²) >= 11 is 12.2. The molecule has 0 heterocycles. The van der Waals surface area contributed by atoms with E-state index in [9.17, 15) is 5.11 Å². The Labute approximate surface area is 119 Å². The van der Waals surface area contributed by atoms with Gasteiger partial charge in [0.05, 0.1) is 6.10 Å². The second-order valence-corrected chi connectivity index (χ2v) is 6.45. The van der Waals surface area contributed by atoms with E-state index in [-0.39, 0.29) is 12.0 Å². The Morgan fingerprint density at radius 1 is 1.22 bits per heavy atom. The van der Waals surface area contributed by atoms with E-state index in [0.717, 1.165) is 24.8 Å². The van der Waals surface area contributed by atoms with Gasteiger partial charge in [0.1, 0.15) is 0 Å². The van der Waals surface area contributed by atoms with Crippen LogP contribution >= 0.6 is 23.2 Å². The molecular formula is C15H20Cl2O. The van der Waals surface area contributed by atoms with Gasteiger partial charge in [0.25, 0.3) is 0 Å². The quantitative estimate of drug-likeness (QED) is 0.820. The Morgan fingerprint density at radius 2 is 1.94 bits per heavy atom. The molecule has 1 nitrogen and oxygen atoms in total. The van der Waals surface area contributed by atoms with Crippen LogP contribution in [0.4, 0.5) is 0 Å². The number of benzene rings is 1. The fourth-order valence-corrected chi connectivity index (χ4v) is 3.63. The highest BCUT2D eigenvalue weighted by molar-refractivity contribution is 6.35. The number of hydrogen-bond donors (Lipinski definition) is 1. The van der Waals surface area contributed by atoms with E-state index in [4.69, 9.17) is 23.2 Å². The van der Waals surface area contributed by atoms with Crippen molar-refractivity contribution in [2.45, 2.75) is 45.1 Å². The van der Waals surface area contributed by atoms with Crippen molar-refractivity contribution in [3.05, 3.63) is 33.8 Å². The lowest BCUT2D eigenvalue weighted by Crippen LogP contribution is -2.35. The molecular weight excluding hydrogens is 267 g/mol. The van der Waals surface area contributed by atoms with Crippen molar-refractivity contribution >= 4 is 23.2 Å². The summed E-state index contributed by atoms with van der Waals surface area (Å²) in [4.78, 5) is 0. The van der Waals surface area contributed by atoms with Gasteiger partial charge in [-0.1, -0.05) is 49.5 Å². The molecule has 0 aromatic heterocycles. The highest BCUT2D eigenvalue weighted by Crippen LogP contribution is 2.42. The van der Waals surface area contributed by atoms with Crippen molar-refractivity contribution < 1.29 is 5.11 Å². The maximum absolute atomic E-state index is 10.6. The predicted octanol–water partition coefficient (Wildman–Crippen LogP) is 4.89. The van der Waals surface area contributed by atoms with Crippen LogP contribution in [0, 0.1) is 11.8 Å². The minimum Gasteiger partial charge on any atom is -0.392 e. The first-order valence-corrected chi connectivity index (χ1v) is 7.39. The van der Waals surface area contributed by atoms with Gasteiger partial charge in [-0.15, -0.1) is 0 Å². The van der Waals surface area contributed by atoms with E-state index >= 15 is 0 Å². The Bertz CT molecular complexity index is 417. The van der Waals surface area contributed by atoms with Crippen LogP contribution in [-0.4, -0.2) is 11.2 Å². The fourth-order valence-electron chi connectivity index (χ4n) is 3.08. The van der Waals surface area contributed by atoms with Gasteiger partial charge < -0.3 is 5.11 Å². The second kappa shape index (κ2) is 5.81. The summed E-state index contributed by atoms with van der Waals surface area (Å²) in [5.41, 5.74) is 1.04. The van der Waals surface area contributed by atoms with Crippen LogP contribution in [-0.2, 0) is 0 Å². The predicted molar refractivity (Wildman–Crippen MR) is 77.4 cm³/mol. The molecule has 1 fully saturated rings. The fraction of sp³-hybridized carbons (Fsp3) is 0.600. The Hall–Kier alpha value is -0.240. The van der Waals surface area contributed by atoms with Gasteiger partial charge in [-0.25, -0.2) is 0 Å². The molecule has 0 unspecified atom stereocenters. The van der Waals surface area contributed by atoms with Gasteiger partial charge in [0.15, 0.2) is 0 Å². The van der Waals surface area contributed by atoms with Crippen LogP contribution in [0.25, 0.3) is 0 Å². The molecule has 100 valence electrons. The van der Waals surface area contributed by atoms with Crippen LogP contribution in [0.1, 0.15) is 44.6 Å². The minimum atomic E-state index is -0.294. The smallest absolute Gasteiger partial charge is 0.0639 e. The molecule has 2 rings (SSSR count). The molecule has 0 aliphatic heterocycles. The maximum Gasteiger partial charge on any atom is 0.0639 e. The average Bonchev–Trinajstić information content (AvgIpc) is 2.30. The van der Waals surface area contributed by atoms with Crippen LogP contribution in [0.5, 0.6) is 0 Å². The number of hydrogen-bond acceptors (Lipinski definition) is 1. The number of halogens is 2. The van der Waals surface area contributed by atoms with E-state index in [2.05, 4.69) is 13.8 Å². The monoisotopic (exact) mass is 286 g/mol. The normalized spacial score (nSPS) is 28.7. The van der Waals surface area contributed by atoms with Crippen molar-refractivity contribution in [1.29, 1.82) is 0 Å². The van der Waals surface area contributed by atoms with Gasteiger partial charge in [0, 0.05) is 16.0 Å². The van der Waals surface area contributed by atoms with Crippen molar-refractivity contribution in [3.63, 3.8) is 0 Å². The van der Waals surface area contributed by atoms with E-state index in [1.165, 1.54) is 0 Å². The molecule has 18 heavy (non-hydrogen) atoms. The zero-order valence-corrected chi connectivity index (χ0v) is 12.4. The first-order valence-electron chi connectivity index (χ1n) is 6.63. The Morgan fingerprint density at radius 3 is 2.56 bits per heavy atom. The van der Waals surface area contributed by atoms with Crippen molar-refractivity contribution in [1.82, 2.24) is 0 Å². The molecule has 0 spiro atoms. The molecule has 0 radical (unpaired) electrons. The third-order valence-corrected chi connectivity index (χ3v) is 4.68. The van der Waals surface area contributed by atoms with E-state index < -0.39 is 0 Å². The summed E-state index contributed by atoms with van der Waals surface area (Å²) in [6, 6.07) is 5.58. The van der Waals surface area contributed by atoms with Crippen molar-refractivity contribution in [2.24, 2.45) is 11.8 Å². The first-order chi connectivity index (χ1) is 8.50. The van der Waals surface area contributed by atoms with Crippen LogP contribution < -0.4 is 0 Å². The molecule has 3 heteroatoms. The minimum absolute atomic E-state index is 0.149. The summed E-state index contributed by atoms with van der Waals surface area (Å²) in [5, 5.41) is 11.9. The zero-order chi connectivity index (χ0) is 13.3. The third kappa shape index (κ3) is 2.84. The molecule has 0 amide bonds. The molecule has 1 aliphatic rings. The van der Waals surface area contributed by atoms with E-state index in [1.807, 2.05) is 12.1 Å². The highest BCUT2D eigenvalue weighted by atomic mass is 35.5. The van der Waals surface area contributed by atoms with Crippen LogP contribution in [0.3, 0.4) is 0 Å². The molecule has 3 atom stereocenters. The van der Waals surface area contributed by atoms with Crippen LogP contribution in [0.2, 0.25) is 10.0 Å². The summed E-state index contributed by atoms with van der Waals surface area (Å²) < 4.78 is 0. The SMILES string of the molecule is CC(C)[C@H]1CCC[C@@H](c2ccc(Cl)cc2Cl)[C@H]1O. The summed E-state index contributed by atoms with van der Waals surface area (Å²) in [6.45, 7) is 4.36. The Kier molecular flexibility index (Phi) is 4.58. The first kappa shape index (κ1) is 14.2. The second-order valence-electron chi connectivity index (χ2n) is 5.60.